The fourth-order valence-electron chi connectivity index (χ4n) is 1.89. The van der Waals surface area contributed by atoms with Crippen LogP contribution in [-0.4, -0.2) is 23.3 Å². The molecule has 0 atom stereocenters. The van der Waals surface area contributed by atoms with Crippen molar-refractivity contribution in [3.05, 3.63) is 36.5 Å². The number of benzene rings is 1. The van der Waals surface area contributed by atoms with Crippen LogP contribution in [0.15, 0.2) is 36.5 Å². The van der Waals surface area contributed by atoms with Crippen LogP contribution in [0.2, 0.25) is 0 Å². The lowest BCUT2D eigenvalue weighted by atomic mass is 10.2. The van der Waals surface area contributed by atoms with Crippen LogP contribution in [0.1, 0.15) is 25.7 Å². The number of aliphatic hydroxyl groups excluding tert-OH is 1. The predicted octanol–water partition coefficient (Wildman–Crippen LogP) is 3.17. The number of fused-ring (bicyclic) bond motifs is 1. The highest BCUT2D eigenvalue weighted by Gasteiger charge is 1.98. The molecule has 3 heteroatoms. The van der Waals surface area contributed by atoms with Crippen molar-refractivity contribution in [3.63, 3.8) is 0 Å². The minimum atomic E-state index is 0.289. The molecule has 2 aromatic rings. The maximum Gasteiger partial charge on any atom is 0.121 e. The first-order chi connectivity index (χ1) is 8.90. The van der Waals surface area contributed by atoms with Gasteiger partial charge in [0.15, 0.2) is 0 Å². The minimum Gasteiger partial charge on any atom is -0.494 e. The van der Waals surface area contributed by atoms with Gasteiger partial charge in [-0.25, -0.2) is 0 Å². The van der Waals surface area contributed by atoms with Crippen LogP contribution in [0.5, 0.6) is 5.75 Å². The maximum atomic E-state index is 8.66. The van der Waals surface area contributed by atoms with Crippen LogP contribution in [-0.2, 0) is 0 Å². The van der Waals surface area contributed by atoms with Gasteiger partial charge in [-0.3, -0.25) is 4.98 Å². The number of aromatic nitrogens is 1. The molecule has 0 aliphatic rings. The molecule has 0 fully saturated rings. The summed E-state index contributed by atoms with van der Waals surface area (Å²) in [4.78, 5) is 4.30. The Morgan fingerprint density at radius 1 is 1.06 bits per heavy atom. The van der Waals surface area contributed by atoms with Gasteiger partial charge in [0.2, 0.25) is 0 Å². The zero-order valence-electron chi connectivity index (χ0n) is 10.5. The van der Waals surface area contributed by atoms with Crippen molar-refractivity contribution >= 4 is 10.9 Å². The number of pyridine rings is 1. The Hall–Kier alpha value is -1.61. The molecule has 0 spiro atoms. The van der Waals surface area contributed by atoms with E-state index in [0.29, 0.717) is 0 Å². The van der Waals surface area contributed by atoms with Crippen molar-refractivity contribution in [3.8, 4) is 5.75 Å². The first-order valence-electron chi connectivity index (χ1n) is 6.48. The second kappa shape index (κ2) is 6.97. The second-order valence-corrected chi connectivity index (χ2v) is 4.34. The van der Waals surface area contributed by atoms with Crippen LogP contribution >= 0.6 is 0 Å². The van der Waals surface area contributed by atoms with Crippen molar-refractivity contribution in [1.29, 1.82) is 0 Å². The molecule has 1 aromatic carbocycles. The number of nitrogens with zero attached hydrogens (tertiary/aromatic N) is 1. The van der Waals surface area contributed by atoms with Gasteiger partial charge in [0.1, 0.15) is 5.75 Å². The number of rotatable bonds is 7. The highest BCUT2D eigenvalue weighted by Crippen LogP contribution is 2.18. The molecule has 0 aliphatic carbocycles. The molecule has 0 saturated heterocycles. The molecule has 18 heavy (non-hydrogen) atoms. The molecule has 0 radical (unpaired) electrons. The van der Waals surface area contributed by atoms with Gasteiger partial charge in [-0.05, 0) is 37.5 Å². The molecule has 0 aliphatic heterocycles. The summed E-state index contributed by atoms with van der Waals surface area (Å²) in [5, 5.41) is 9.80. The lowest BCUT2D eigenvalue weighted by Gasteiger charge is -2.06. The lowest BCUT2D eigenvalue weighted by molar-refractivity contribution is 0.273. The Bertz CT molecular complexity index is 485. The van der Waals surface area contributed by atoms with E-state index in [-0.39, 0.29) is 6.61 Å². The molecule has 0 amide bonds. The van der Waals surface area contributed by atoms with Crippen LogP contribution in [0.25, 0.3) is 10.9 Å². The highest BCUT2D eigenvalue weighted by atomic mass is 16.5. The van der Waals surface area contributed by atoms with Gasteiger partial charge in [-0.15, -0.1) is 0 Å². The zero-order valence-corrected chi connectivity index (χ0v) is 10.5. The van der Waals surface area contributed by atoms with E-state index in [9.17, 15) is 0 Å². The van der Waals surface area contributed by atoms with E-state index < -0.39 is 0 Å². The van der Waals surface area contributed by atoms with Gasteiger partial charge in [-0.1, -0.05) is 12.5 Å². The topological polar surface area (TPSA) is 42.4 Å². The summed E-state index contributed by atoms with van der Waals surface area (Å²) in [6.45, 7) is 1.01. The van der Waals surface area contributed by atoms with Crippen molar-refractivity contribution in [1.82, 2.24) is 4.98 Å². The van der Waals surface area contributed by atoms with E-state index in [4.69, 9.17) is 9.84 Å². The highest BCUT2D eigenvalue weighted by molar-refractivity contribution is 5.79. The number of aliphatic hydroxyl groups is 1. The number of hydrogen-bond acceptors (Lipinski definition) is 3. The largest absolute Gasteiger partial charge is 0.494 e. The molecule has 1 N–H and O–H groups in total. The average molecular weight is 245 g/mol. The summed E-state index contributed by atoms with van der Waals surface area (Å²) < 4.78 is 5.69. The Morgan fingerprint density at radius 3 is 2.83 bits per heavy atom. The Balaban J connectivity index is 1.81. The van der Waals surface area contributed by atoms with Gasteiger partial charge in [0.25, 0.3) is 0 Å². The smallest absolute Gasteiger partial charge is 0.121 e. The summed E-state index contributed by atoms with van der Waals surface area (Å²) >= 11 is 0. The van der Waals surface area contributed by atoms with Crippen molar-refractivity contribution in [2.24, 2.45) is 0 Å². The molecule has 2 rings (SSSR count). The monoisotopic (exact) mass is 245 g/mol. The van der Waals surface area contributed by atoms with E-state index in [2.05, 4.69) is 4.98 Å². The third-order valence-corrected chi connectivity index (χ3v) is 2.90. The predicted molar refractivity (Wildman–Crippen MR) is 72.8 cm³/mol. The molecule has 96 valence electrons. The van der Waals surface area contributed by atoms with E-state index in [1.54, 1.807) is 6.20 Å². The number of unbranched alkanes of at least 4 members (excludes halogenated alkanes) is 3. The summed E-state index contributed by atoms with van der Waals surface area (Å²) in [6.07, 6.45) is 5.88. The van der Waals surface area contributed by atoms with E-state index in [0.717, 1.165) is 48.9 Å². The van der Waals surface area contributed by atoms with Crippen molar-refractivity contribution < 1.29 is 9.84 Å². The molecule has 0 bridgehead atoms. The van der Waals surface area contributed by atoms with Crippen molar-refractivity contribution in [2.45, 2.75) is 25.7 Å². The molecule has 0 saturated carbocycles. The Morgan fingerprint density at radius 2 is 1.94 bits per heavy atom. The summed E-state index contributed by atoms with van der Waals surface area (Å²) in [5.74, 6) is 0.878. The lowest BCUT2D eigenvalue weighted by Crippen LogP contribution is -1.97. The minimum absolute atomic E-state index is 0.289. The molecule has 1 heterocycles. The average Bonchev–Trinajstić information content (AvgIpc) is 2.42. The fraction of sp³-hybridized carbons (Fsp3) is 0.400. The van der Waals surface area contributed by atoms with Gasteiger partial charge in [0, 0.05) is 24.3 Å². The Kier molecular flexibility index (Phi) is 4.97. The van der Waals surface area contributed by atoms with Crippen LogP contribution in [0.3, 0.4) is 0 Å². The van der Waals surface area contributed by atoms with Crippen LogP contribution < -0.4 is 4.74 Å². The molecule has 1 aromatic heterocycles. The van der Waals surface area contributed by atoms with E-state index >= 15 is 0 Å². The van der Waals surface area contributed by atoms with Gasteiger partial charge in [-0.2, -0.15) is 0 Å². The Labute approximate surface area is 107 Å². The van der Waals surface area contributed by atoms with Gasteiger partial charge in [0.05, 0.1) is 12.1 Å². The zero-order chi connectivity index (χ0) is 12.6. The quantitative estimate of drug-likeness (QED) is 0.762. The standard InChI is InChI=1S/C15H19NO2/c17-10-3-1-2-4-11-18-14-8-7-13-6-5-9-16-15(13)12-14/h5-9,12,17H,1-4,10-11H2. The molecule has 0 unspecified atom stereocenters. The van der Waals surface area contributed by atoms with E-state index in [1.807, 2.05) is 30.3 Å². The number of ether oxygens (including phenoxy) is 1. The van der Waals surface area contributed by atoms with Gasteiger partial charge < -0.3 is 9.84 Å². The fourth-order valence-corrected chi connectivity index (χ4v) is 1.89. The first-order valence-corrected chi connectivity index (χ1v) is 6.48. The molecule has 3 nitrogen and oxygen atoms in total. The van der Waals surface area contributed by atoms with Crippen molar-refractivity contribution in [2.75, 3.05) is 13.2 Å². The molecular weight excluding hydrogens is 226 g/mol. The summed E-state index contributed by atoms with van der Waals surface area (Å²) in [5.41, 5.74) is 0.968. The number of hydrogen-bond donors (Lipinski definition) is 1. The van der Waals surface area contributed by atoms with Gasteiger partial charge >= 0.3 is 0 Å². The third kappa shape index (κ3) is 3.70. The molecular formula is C15H19NO2. The summed E-state index contributed by atoms with van der Waals surface area (Å²) in [7, 11) is 0. The van der Waals surface area contributed by atoms with Crippen LogP contribution in [0.4, 0.5) is 0 Å². The summed E-state index contributed by atoms with van der Waals surface area (Å²) in [6, 6.07) is 9.97. The third-order valence-electron chi connectivity index (χ3n) is 2.90. The first kappa shape index (κ1) is 12.8. The second-order valence-electron chi connectivity index (χ2n) is 4.34. The van der Waals surface area contributed by atoms with E-state index in [1.165, 1.54) is 0 Å². The maximum absolute atomic E-state index is 8.66. The normalized spacial score (nSPS) is 10.7. The van der Waals surface area contributed by atoms with Crippen LogP contribution in [0, 0.1) is 0 Å². The SMILES string of the molecule is OCCCCCCOc1ccc2cccnc2c1.